The van der Waals surface area contributed by atoms with Gasteiger partial charge in [-0.2, -0.15) is 0 Å². The highest BCUT2D eigenvalue weighted by atomic mass is 19.1. The predicted octanol–water partition coefficient (Wildman–Crippen LogP) is 3.37. The Morgan fingerprint density at radius 2 is 1.67 bits per heavy atom. The van der Waals surface area contributed by atoms with Crippen molar-refractivity contribution in [2.24, 2.45) is 0 Å². The van der Waals surface area contributed by atoms with E-state index in [1.54, 1.807) is 24.3 Å². The third-order valence-electron chi connectivity index (χ3n) is 3.59. The third-order valence-corrected chi connectivity index (χ3v) is 3.59. The highest BCUT2D eigenvalue weighted by molar-refractivity contribution is 6.04. The molecule has 0 atom stereocenters. The number of amides is 1. The number of carbonyl (C=O) groups is 3. The predicted molar refractivity (Wildman–Crippen MR) is 97.1 cm³/mol. The van der Waals surface area contributed by atoms with Crippen LogP contribution in [0.2, 0.25) is 0 Å². The van der Waals surface area contributed by atoms with Crippen molar-refractivity contribution in [1.29, 1.82) is 0 Å². The molecule has 0 aliphatic rings. The van der Waals surface area contributed by atoms with Crippen LogP contribution in [0.3, 0.4) is 0 Å². The number of halogens is 1. The Morgan fingerprint density at radius 1 is 1.04 bits per heavy atom. The highest BCUT2D eigenvalue weighted by Crippen LogP contribution is 2.20. The van der Waals surface area contributed by atoms with Crippen molar-refractivity contribution in [1.82, 2.24) is 0 Å². The summed E-state index contributed by atoms with van der Waals surface area (Å²) in [6.45, 7) is 3.80. The van der Waals surface area contributed by atoms with Crippen LogP contribution in [0.25, 0.3) is 0 Å². The van der Waals surface area contributed by atoms with Crippen LogP contribution in [0.4, 0.5) is 10.1 Å². The number of benzene rings is 2. The van der Waals surface area contributed by atoms with Gasteiger partial charge in [0.2, 0.25) is 0 Å². The number of anilines is 1. The van der Waals surface area contributed by atoms with Gasteiger partial charge in [-0.1, -0.05) is 12.1 Å². The first kappa shape index (κ1) is 20.1. The first-order chi connectivity index (χ1) is 12.7. The van der Waals surface area contributed by atoms with E-state index in [9.17, 15) is 18.8 Å². The van der Waals surface area contributed by atoms with Gasteiger partial charge in [0.05, 0.1) is 5.69 Å². The fourth-order valence-electron chi connectivity index (χ4n) is 2.23. The van der Waals surface area contributed by atoms with E-state index in [-0.39, 0.29) is 11.5 Å². The first-order valence-corrected chi connectivity index (χ1v) is 8.20. The molecule has 2 aromatic carbocycles. The molecule has 27 heavy (non-hydrogen) atoms. The minimum absolute atomic E-state index is 0.197. The topological polar surface area (TPSA) is 81.7 Å². The number of hydrogen-bond acceptors (Lipinski definition) is 5. The van der Waals surface area contributed by atoms with Crippen LogP contribution < -0.4 is 10.1 Å². The Balaban J connectivity index is 1.93. The van der Waals surface area contributed by atoms with E-state index in [1.807, 2.05) is 0 Å². The average Bonchev–Trinajstić information content (AvgIpc) is 2.61. The molecule has 0 aromatic heterocycles. The lowest BCUT2D eigenvalue weighted by Crippen LogP contribution is -2.41. The number of hydrogen-bond donors (Lipinski definition) is 1. The van der Waals surface area contributed by atoms with Gasteiger partial charge in [0.15, 0.2) is 18.0 Å². The molecular weight excluding hydrogens is 353 g/mol. The number of Topliss-reactive ketones (excluding diaryl/α,β-unsaturated/α-hetero) is 1. The van der Waals surface area contributed by atoms with Gasteiger partial charge in [0.25, 0.3) is 5.91 Å². The largest absolute Gasteiger partial charge is 0.476 e. The number of nitrogens with one attached hydrogen (secondary N) is 1. The standard InChI is InChI=1S/C20H20FNO5/c1-13(23)16-6-4-5-7-17(16)22-18(24)12-26-19(25)20(2,3)27-15-10-8-14(21)9-11-15/h4-11H,12H2,1-3H3,(H,22,24). The summed E-state index contributed by atoms with van der Waals surface area (Å²) >= 11 is 0. The minimum Gasteiger partial charge on any atom is -0.476 e. The minimum atomic E-state index is -1.38. The van der Waals surface area contributed by atoms with Crippen molar-refractivity contribution in [3.63, 3.8) is 0 Å². The Labute approximate surface area is 156 Å². The molecule has 1 N–H and O–H groups in total. The zero-order valence-corrected chi connectivity index (χ0v) is 15.2. The third kappa shape index (κ3) is 5.64. The molecule has 7 heteroatoms. The van der Waals surface area contributed by atoms with Crippen LogP contribution in [-0.4, -0.2) is 29.9 Å². The van der Waals surface area contributed by atoms with Gasteiger partial charge < -0.3 is 14.8 Å². The summed E-state index contributed by atoms with van der Waals surface area (Å²) < 4.78 is 23.4. The first-order valence-electron chi connectivity index (χ1n) is 8.20. The Bertz CT molecular complexity index is 846. The van der Waals surface area contributed by atoms with E-state index in [0.29, 0.717) is 11.3 Å². The maximum atomic E-state index is 12.9. The second kappa shape index (κ2) is 8.44. The van der Waals surface area contributed by atoms with Gasteiger partial charge >= 0.3 is 5.97 Å². The van der Waals surface area contributed by atoms with Gasteiger partial charge in [-0.15, -0.1) is 0 Å². The van der Waals surface area contributed by atoms with E-state index >= 15 is 0 Å². The molecule has 0 saturated heterocycles. The average molecular weight is 373 g/mol. The van der Waals surface area contributed by atoms with Gasteiger partial charge in [-0.25, -0.2) is 9.18 Å². The molecule has 0 spiro atoms. The van der Waals surface area contributed by atoms with E-state index in [2.05, 4.69) is 5.32 Å². The molecule has 2 aromatic rings. The molecule has 0 aliphatic heterocycles. The van der Waals surface area contributed by atoms with Crippen LogP contribution in [0.15, 0.2) is 48.5 Å². The molecule has 0 heterocycles. The summed E-state index contributed by atoms with van der Waals surface area (Å²) in [5, 5.41) is 2.54. The van der Waals surface area contributed by atoms with Gasteiger partial charge in [-0.3, -0.25) is 9.59 Å². The van der Waals surface area contributed by atoms with Gasteiger partial charge in [0.1, 0.15) is 11.6 Å². The van der Waals surface area contributed by atoms with E-state index < -0.39 is 29.9 Å². The number of rotatable bonds is 7. The fraction of sp³-hybridized carbons (Fsp3) is 0.250. The Morgan fingerprint density at radius 3 is 2.30 bits per heavy atom. The molecule has 0 radical (unpaired) electrons. The summed E-state index contributed by atoms with van der Waals surface area (Å²) in [5.74, 6) is -1.68. The summed E-state index contributed by atoms with van der Waals surface area (Å²) in [7, 11) is 0. The summed E-state index contributed by atoms with van der Waals surface area (Å²) in [4.78, 5) is 35.8. The Hall–Kier alpha value is -3.22. The van der Waals surface area contributed by atoms with Crippen LogP contribution >= 0.6 is 0 Å². The lowest BCUT2D eigenvalue weighted by molar-refractivity contribution is -0.161. The molecule has 0 fully saturated rings. The SMILES string of the molecule is CC(=O)c1ccccc1NC(=O)COC(=O)C(C)(C)Oc1ccc(F)cc1. The molecule has 0 bridgehead atoms. The normalized spacial score (nSPS) is 10.8. The van der Waals surface area contributed by atoms with Crippen LogP contribution in [0, 0.1) is 5.82 Å². The van der Waals surface area contributed by atoms with Gasteiger partial charge in [-0.05, 0) is 57.2 Å². The molecule has 6 nitrogen and oxygen atoms in total. The number of esters is 1. The summed E-state index contributed by atoms with van der Waals surface area (Å²) in [5.41, 5.74) is -0.680. The second-order valence-electron chi connectivity index (χ2n) is 6.29. The summed E-state index contributed by atoms with van der Waals surface area (Å²) in [6.07, 6.45) is 0. The molecule has 142 valence electrons. The molecule has 2 rings (SSSR count). The highest BCUT2D eigenvalue weighted by Gasteiger charge is 2.32. The number of ketones is 1. The van der Waals surface area contributed by atoms with Crippen molar-refractivity contribution in [3.05, 3.63) is 59.9 Å². The molecule has 0 saturated carbocycles. The number of para-hydroxylation sites is 1. The maximum Gasteiger partial charge on any atom is 0.350 e. The van der Waals surface area contributed by atoms with Crippen LogP contribution in [0.5, 0.6) is 5.75 Å². The van der Waals surface area contributed by atoms with Crippen LogP contribution in [-0.2, 0) is 14.3 Å². The summed E-state index contributed by atoms with van der Waals surface area (Å²) in [6, 6.07) is 11.7. The van der Waals surface area contributed by atoms with E-state index in [4.69, 9.17) is 9.47 Å². The number of carbonyl (C=O) groups excluding carboxylic acids is 3. The number of ether oxygens (including phenoxy) is 2. The molecule has 1 amide bonds. The smallest absolute Gasteiger partial charge is 0.350 e. The van der Waals surface area contributed by atoms with E-state index in [1.165, 1.54) is 45.0 Å². The quantitative estimate of drug-likeness (QED) is 0.594. The zero-order valence-electron chi connectivity index (χ0n) is 15.2. The fourth-order valence-corrected chi connectivity index (χ4v) is 2.23. The van der Waals surface area contributed by atoms with E-state index in [0.717, 1.165) is 0 Å². The maximum absolute atomic E-state index is 12.9. The van der Waals surface area contributed by atoms with Crippen molar-refractivity contribution in [2.75, 3.05) is 11.9 Å². The zero-order chi connectivity index (χ0) is 20.0. The monoisotopic (exact) mass is 373 g/mol. The van der Waals surface area contributed by atoms with Crippen LogP contribution in [0.1, 0.15) is 31.1 Å². The van der Waals surface area contributed by atoms with Gasteiger partial charge in [0, 0.05) is 5.56 Å². The van der Waals surface area contributed by atoms with Crippen molar-refractivity contribution in [2.45, 2.75) is 26.4 Å². The molecular formula is C20H20FNO5. The van der Waals surface area contributed by atoms with Crippen molar-refractivity contribution in [3.8, 4) is 5.75 Å². The Kier molecular flexibility index (Phi) is 6.28. The second-order valence-corrected chi connectivity index (χ2v) is 6.29. The lowest BCUT2D eigenvalue weighted by atomic mass is 10.1. The lowest BCUT2D eigenvalue weighted by Gasteiger charge is -2.24. The van der Waals surface area contributed by atoms with Crippen molar-refractivity contribution >= 4 is 23.3 Å². The van der Waals surface area contributed by atoms with Crippen molar-refractivity contribution < 1.29 is 28.2 Å². The molecule has 0 unspecified atom stereocenters. The molecule has 0 aliphatic carbocycles.